The van der Waals surface area contributed by atoms with Gasteiger partial charge in [-0.1, -0.05) is 30.3 Å². The monoisotopic (exact) mass is 411 g/mol. The Bertz CT molecular complexity index is 939. The lowest BCUT2D eigenvalue weighted by atomic mass is 10.0. The number of benzene rings is 2. The number of rotatable bonds is 9. The number of amides is 2. The molecule has 0 spiro atoms. The van der Waals surface area contributed by atoms with Crippen LogP contribution in [0.5, 0.6) is 5.75 Å². The number of carbonyl (C=O) groups excluding carboxylic acids is 1. The molecule has 0 aliphatic carbocycles. The Kier molecular flexibility index (Phi) is 7.49. The Morgan fingerprint density at radius 3 is 2.76 bits per heavy atom. The standard InChI is InChI=1S/C23H29N3O2S/c1-26(2)19(14-18-16-29-22-10-5-4-9-21(18)22)15-25-23(27)24-12-11-17-7-6-8-20(13-17)28-3/h4-10,13,16,19H,11-12,14-15H2,1-3H3,(H2,24,25,27)/t19-/m0/s1. The lowest BCUT2D eigenvalue weighted by Crippen LogP contribution is -2.45. The van der Waals surface area contributed by atoms with Gasteiger partial charge in [-0.15, -0.1) is 11.3 Å². The highest BCUT2D eigenvalue weighted by Crippen LogP contribution is 2.27. The Morgan fingerprint density at radius 1 is 1.14 bits per heavy atom. The second kappa shape index (κ2) is 10.3. The van der Waals surface area contributed by atoms with Gasteiger partial charge in [0, 0.05) is 23.8 Å². The molecule has 1 aromatic heterocycles. The number of hydrogen-bond acceptors (Lipinski definition) is 4. The molecule has 3 rings (SSSR count). The predicted molar refractivity (Wildman–Crippen MR) is 121 cm³/mol. The summed E-state index contributed by atoms with van der Waals surface area (Å²) >= 11 is 1.78. The first kappa shape index (κ1) is 21.1. The van der Waals surface area contributed by atoms with Crippen molar-refractivity contribution in [1.29, 1.82) is 0 Å². The summed E-state index contributed by atoms with van der Waals surface area (Å²) in [7, 11) is 5.77. The maximum atomic E-state index is 12.2. The van der Waals surface area contributed by atoms with Crippen LogP contribution < -0.4 is 15.4 Å². The Balaban J connectivity index is 1.47. The van der Waals surface area contributed by atoms with Crippen LogP contribution in [0.3, 0.4) is 0 Å². The van der Waals surface area contributed by atoms with E-state index < -0.39 is 0 Å². The number of nitrogens with one attached hydrogen (secondary N) is 2. The second-order valence-electron chi connectivity index (χ2n) is 7.32. The molecule has 1 atom stereocenters. The topological polar surface area (TPSA) is 53.6 Å². The van der Waals surface area contributed by atoms with Crippen molar-refractivity contribution in [2.24, 2.45) is 0 Å². The largest absolute Gasteiger partial charge is 0.497 e. The normalized spacial score (nSPS) is 12.1. The molecule has 2 N–H and O–H groups in total. The van der Waals surface area contributed by atoms with E-state index in [0.29, 0.717) is 13.1 Å². The summed E-state index contributed by atoms with van der Waals surface area (Å²) in [6.07, 6.45) is 1.67. The van der Waals surface area contributed by atoms with Crippen molar-refractivity contribution in [3.05, 3.63) is 65.0 Å². The fraction of sp³-hybridized carbons (Fsp3) is 0.348. The molecule has 29 heavy (non-hydrogen) atoms. The highest BCUT2D eigenvalue weighted by Gasteiger charge is 2.16. The summed E-state index contributed by atoms with van der Waals surface area (Å²) in [5.74, 6) is 0.835. The lowest BCUT2D eigenvalue weighted by Gasteiger charge is -2.24. The molecule has 2 aromatic carbocycles. The lowest BCUT2D eigenvalue weighted by molar-refractivity contribution is 0.232. The van der Waals surface area contributed by atoms with Gasteiger partial charge in [0.1, 0.15) is 5.75 Å². The zero-order chi connectivity index (χ0) is 20.6. The maximum absolute atomic E-state index is 12.2. The van der Waals surface area contributed by atoms with E-state index >= 15 is 0 Å². The van der Waals surface area contributed by atoms with Crippen LogP contribution in [-0.4, -0.2) is 51.3 Å². The van der Waals surface area contributed by atoms with Crippen molar-refractivity contribution < 1.29 is 9.53 Å². The minimum atomic E-state index is -0.130. The number of carbonyl (C=O) groups is 1. The minimum absolute atomic E-state index is 0.130. The summed E-state index contributed by atoms with van der Waals surface area (Å²) in [6, 6.07) is 16.5. The number of ether oxygens (including phenoxy) is 1. The quantitative estimate of drug-likeness (QED) is 0.561. The number of likely N-dealkylation sites (N-methyl/N-ethyl adjacent to an activating group) is 1. The minimum Gasteiger partial charge on any atom is -0.497 e. The van der Waals surface area contributed by atoms with Crippen LogP contribution in [0.4, 0.5) is 4.79 Å². The average Bonchev–Trinajstić information content (AvgIpc) is 3.14. The smallest absolute Gasteiger partial charge is 0.314 e. The predicted octanol–water partition coefficient (Wildman–Crippen LogP) is 3.92. The number of hydrogen-bond donors (Lipinski definition) is 2. The van der Waals surface area contributed by atoms with Crippen LogP contribution in [0.1, 0.15) is 11.1 Å². The van der Waals surface area contributed by atoms with E-state index in [1.165, 1.54) is 15.6 Å². The number of methoxy groups -OCH3 is 1. The SMILES string of the molecule is COc1cccc(CCNC(=O)NC[C@H](Cc2csc3ccccc23)N(C)C)c1. The number of nitrogens with zero attached hydrogens (tertiary/aromatic N) is 1. The first-order valence-electron chi connectivity index (χ1n) is 9.83. The summed E-state index contributed by atoms with van der Waals surface area (Å²) < 4.78 is 6.54. The summed E-state index contributed by atoms with van der Waals surface area (Å²) in [5.41, 5.74) is 2.48. The molecular formula is C23H29N3O2S. The molecular weight excluding hydrogens is 382 g/mol. The van der Waals surface area contributed by atoms with E-state index in [9.17, 15) is 4.79 Å². The van der Waals surface area contributed by atoms with Crippen molar-refractivity contribution >= 4 is 27.5 Å². The third-order valence-electron chi connectivity index (χ3n) is 5.08. The summed E-state index contributed by atoms with van der Waals surface area (Å²) in [6.45, 7) is 1.18. The molecule has 0 aliphatic rings. The molecule has 5 nitrogen and oxygen atoms in total. The first-order chi connectivity index (χ1) is 14.1. The molecule has 2 amide bonds. The zero-order valence-corrected chi connectivity index (χ0v) is 18.1. The van der Waals surface area contributed by atoms with Gasteiger partial charge >= 0.3 is 6.03 Å². The zero-order valence-electron chi connectivity index (χ0n) is 17.3. The van der Waals surface area contributed by atoms with Crippen molar-refractivity contribution in [3.8, 4) is 5.75 Å². The van der Waals surface area contributed by atoms with Crippen LogP contribution in [0, 0.1) is 0 Å². The van der Waals surface area contributed by atoms with E-state index in [1.807, 2.05) is 24.3 Å². The molecule has 0 saturated carbocycles. The van der Waals surface area contributed by atoms with E-state index in [2.05, 4.69) is 59.3 Å². The van der Waals surface area contributed by atoms with Crippen LogP contribution in [0.25, 0.3) is 10.1 Å². The van der Waals surface area contributed by atoms with Gasteiger partial charge in [-0.2, -0.15) is 0 Å². The molecule has 3 aromatic rings. The van der Waals surface area contributed by atoms with Gasteiger partial charge in [0.05, 0.1) is 7.11 Å². The molecule has 0 radical (unpaired) electrons. The van der Waals surface area contributed by atoms with Gasteiger partial charge in [-0.25, -0.2) is 4.79 Å². The molecule has 0 fully saturated rings. The summed E-state index contributed by atoms with van der Waals surface area (Å²) in [4.78, 5) is 14.4. The first-order valence-corrected chi connectivity index (χ1v) is 10.7. The van der Waals surface area contributed by atoms with Crippen molar-refractivity contribution in [1.82, 2.24) is 15.5 Å². The average molecular weight is 412 g/mol. The van der Waals surface area contributed by atoms with Crippen LogP contribution in [0.15, 0.2) is 53.9 Å². The molecule has 0 aliphatic heterocycles. The molecule has 154 valence electrons. The molecule has 0 unspecified atom stereocenters. The highest BCUT2D eigenvalue weighted by atomic mass is 32.1. The van der Waals surface area contributed by atoms with Crippen molar-refractivity contribution in [3.63, 3.8) is 0 Å². The van der Waals surface area contributed by atoms with E-state index in [1.54, 1.807) is 18.4 Å². The fourth-order valence-corrected chi connectivity index (χ4v) is 4.28. The third-order valence-corrected chi connectivity index (χ3v) is 6.09. The highest BCUT2D eigenvalue weighted by molar-refractivity contribution is 7.17. The third kappa shape index (κ3) is 5.95. The fourth-order valence-electron chi connectivity index (χ4n) is 3.30. The summed E-state index contributed by atoms with van der Waals surface area (Å²) in [5, 5.41) is 9.51. The molecule has 1 heterocycles. The van der Waals surface area contributed by atoms with Crippen LogP contribution >= 0.6 is 11.3 Å². The second-order valence-corrected chi connectivity index (χ2v) is 8.23. The van der Waals surface area contributed by atoms with Gasteiger partial charge in [-0.3, -0.25) is 0 Å². The van der Waals surface area contributed by atoms with E-state index in [4.69, 9.17) is 4.74 Å². The van der Waals surface area contributed by atoms with Crippen molar-refractivity contribution in [2.75, 3.05) is 34.3 Å². The Hall–Kier alpha value is -2.57. The molecule has 0 saturated heterocycles. The number of urea groups is 1. The molecule has 6 heteroatoms. The number of fused-ring (bicyclic) bond motifs is 1. The van der Waals surface area contributed by atoms with Crippen LogP contribution in [-0.2, 0) is 12.8 Å². The van der Waals surface area contributed by atoms with E-state index in [-0.39, 0.29) is 12.1 Å². The van der Waals surface area contributed by atoms with Gasteiger partial charge in [0.2, 0.25) is 0 Å². The van der Waals surface area contributed by atoms with Gasteiger partial charge in [0.15, 0.2) is 0 Å². The van der Waals surface area contributed by atoms with Gasteiger partial charge < -0.3 is 20.3 Å². The maximum Gasteiger partial charge on any atom is 0.314 e. The van der Waals surface area contributed by atoms with E-state index in [0.717, 1.165) is 24.2 Å². The Labute approximate surface area is 176 Å². The van der Waals surface area contributed by atoms with Crippen molar-refractivity contribution in [2.45, 2.75) is 18.9 Å². The Morgan fingerprint density at radius 2 is 1.97 bits per heavy atom. The van der Waals surface area contributed by atoms with Crippen LogP contribution in [0.2, 0.25) is 0 Å². The van der Waals surface area contributed by atoms with Gasteiger partial charge in [-0.05, 0) is 67.0 Å². The van der Waals surface area contributed by atoms with Gasteiger partial charge in [0.25, 0.3) is 0 Å². The number of thiophene rings is 1. The molecule has 0 bridgehead atoms.